The Morgan fingerprint density at radius 2 is 2.09 bits per heavy atom. The number of aryl methyl sites for hydroxylation is 1. The molecule has 2 N–H and O–H groups in total. The maximum atomic E-state index is 12.6. The standard InChI is InChI=1S/C15H17N3O4/c1-17-12-8-9(5-6-10(12)16-15(17)22)13(19)18-7-3-2-4-11(18)14(20)21/h5-6,8,11H,2-4,7H2,1H3,(H,16,22)(H,20,21)/t11-/m1/s1. The fraction of sp³-hybridized carbons (Fsp3) is 0.400. The number of nitrogens with one attached hydrogen (secondary N) is 1. The van der Waals surface area contributed by atoms with E-state index in [9.17, 15) is 19.5 Å². The first kappa shape index (κ1) is 14.4. The number of aromatic nitrogens is 2. The zero-order valence-electron chi connectivity index (χ0n) is 12.2. The third-order valence-corrected chi connectivity index (χ3v) is 4.20. The molecule has 2 heterocycles. The summed E-state index contributed by atoms with van der Waals surface area (Å²) >= 11 is 0. The summed E-state index contributed by atoms with van der Waals surface area (Å²) in [4.78, 5) is 39.7. The van der Waals surface area contributed by atoms with Crippen LogP contribution in [0.5, 0.6) is 0 Å². The Kier molecular flexibility index (Phi) is 3.48. The molecule has 0 bridgehead atoms. The minimum absolute atomic E-state index is 0.249. The van der Waals surface area contributed by atoms with Crippen LogP contribution in [0.25, 0.3) is 11.0 Å². The number of imidazole rings is 1. The number of hydrogen-bond acceptors (Lipinski definition) is 3. The molecule has 0 radical (unpaired) electrons. The van der Waals surface area contributed by atoms with Crippen LogP contribution in [0.4, 0.5) is 0 Å². The largest absolute Gasteiger partial charge is 0.480 e. The van der Waals surface area contributed by atoms with Crippen LogP contribution in [-0.4, -0.2) is 44.0 Å². The van der Waals surface area contributed by atoms with Crippen LogP contribution < -0.4 is 5.69 Å². The summed E-state index contributed by atoms with van der Waals surface area (Å²) in [7, 11) is 1.62. The molecule has 7 heteroatoms. The number of rotatable bonds is 2. The lowest BCUT2D eigenvalue weighted by molar-refractivity contribution is -0.143. The lowest BCUT2D eigenvalue weighted by Crippen LogP contribution is -2.47. The molecule has 3 rings (SSSR count). The van der Waals surface area contributed by atoms with Crippen LogP contribution in [0.2, 0.25) is 0 Å². The lowest BCUT2D eigenvalue weighted by Gasteiger charge is -2.33. The first-order valence-corrected chi connectivity index (χ1v) is 7.21. The molecule has 22 heavy (non-hydrogen) atoms. The number of carbonyl (C=O) groups excluding carboxylic acids is 1. The van der Waals surface area contributed by atoms with Crippen molar-refractivity contribution in [1.82, 2.24) is 14.5 Å². The molecule has 1 amide bonds. The van der Waals surface area contributed by atoms with Gasteiger partial charge in [0.15, 0.2) is 0 Å². The van der Waals surface area contributed by atoms with Crippen molar-refractivity contribution in [2.24, 2.45) is 7.05 Å². The normalized spacial score (nSPS) is 18.6. The number of carboxylic acid groups (broad SMARTS) is 1. The molecule has 1 aliphatic heterocycles. The summed E-state index contributed by atoms with van der Waals surface area (Å²) in [6.45, 7) is 0.444. The van der Waals surface area contributed by atoms with Gasteiger partial charge in [0.05, 0.1) is 11.0 Å². The van der Waals surface area contributed by atoms with Crippen LogP contribution in [0.1, 0.15) is 29.6 Å². The molecule has 1 aromatic carbocycles. The minimum atomic E-state index is -0.969. The topological polar surface area (TPSA) is 95.4 Å². The molecule has 1 aromatic heterocycles. The molecule has 0 saturated carbocycles. The van der Waals surface area contributed by atoms with Gasteiger partial charge in [-0.2, -0.15) is 0 Å². The zero-order valence-corrected chi connectivity index (χ0v) is 12.2. The fourth-order valence-corrected chi connectivity index (χ4v) is 2.95. The molecule has 1 saturated heterocycles. The van der Waals surface area contributed by atoms with Crippen molar-refractivity contribution >= 4 is 22.9 Å². The van der Waals surface area contributed by atoms with Crippen LogP contribution in [0.3, 0.4) is 0 Å². The van der Waals surface area contributed by atoms with E-state index in [1.54, 1.807) is 25.2 Å². The van der Waals surface area contributed by atoms with E-state index in [1.165, 1.54) is 9.47 Å². The van der Waals surface area contributed by atoms with Gasteiger partial charge in [-0.05, 0) is 37.5 Å². The number of piperidine rings is 1. The number of benzene rings is 1. The number of carbonyl (C=O) groups is 2. The van der Waals surface area contributed by atoms with E-state index in [-0.39, 0.29) is 11.6 Å². The van der Waals surface area contributed by atoms with E-state index in [2.05, 4.69) is 4.98 Å². The highest BCUT2D eigenvalue weighted by Gasteiger charge is 2.32. The monoisotopic (exact) mass is 303 g/mol. The van der Waals surface area contributed by atoms with Gasteiger partial charge in [0.25, 0.3) is 5.91 Å². The molecule has 1 aliphatic rings. The highest BCUT2D eigenvalue weighted by molar-refractivity contribution is 5.99. The highest BCUT2D eigenvalue weighted by atomic mass is 16.4. The molecule has 116 valence electrons. The number of fused-ring (bicyclic) bond motifs is 1. The van der Waals surface area contributed by atoms with Crippen LogP contribution in [-0.2, 0) is 11.8 Å². The van der Waals surface area contributed by atoms with Gasteiger partial charge in [0.1, 0.15) is 6.04 Å². The van der Waals surface area contributed by atoms with Crippen molar-refractivity contribution in [3.8, 4) is 0 Å². The van der Waals surface area contributed by atoms with E-state index < -0.39 is 12.0 Å². The molecular formula is C15H17N3O4. The van der Waals surface area contributed by atoms with Crippen LogP contribution >= 0.6 is 0 Å². The number of likely N-dealkylation sites (tertiary alicyclic amines) is 1. The van der Waals surface area contributed by atoms with Crippen molar-refractivity contribution in [3.05, 3.63) is 34.2 Å². The summed E-state index contributed by atoms with van der Waals surface area (Å²) in [5.41, 5.74) is 1.42. The number of hydrogen-bond donors (Lipinski definition) is 2. The predicted octanol–water partition coefficient (Wildman–Crippen LogP) is 0.946. The lowest BCUT2D eigenvalue weighted by atomic mass is 10.0. The number of H-pyrrole nitrogens is 1. The Morgan fingerprint density at radius 3 is 2.82 bits per heavy atom. The maximum Gasteiger partial charge on any atom is 0.326 e. The molecule has 7 nitrogen and oxygen atoms in total. The molecule has 1 atom stereocenters. The number of nitrogens with zero attached hydrogens (tertiary/aromatic N) is 2. The Morgan fingerprint density at radius 1 is 1.32 bits per heavy atom. The fourth-order valence-electron chi connectivity index (χ4n) is 2.95. The van der Waals surface area contributed by atoms with Gasteiger partial charge in [-0.1, -0.05) is 0 Å². The highest BCUT2D eigenvalue weighted by Crippen LogP contribution is 2.21. The average Bonchev–Trinajstić information content (AvgIpc) is 2.81. The quantitative estimate of drug-likeness (QED) is 0.863. The smallest absolute Gasteiger partial charge is 0.326 e. The van der Waals surface area contributed by atoms with Gasteiger partial charge in [0, 0.05) is 19.2 Å². The zero-order chi connectivity index (χ0) is 15.9. The van der Waals surface area contributed by atoms with Crippen molar-refractivity contribution in [2.75, 3.05) is 6.54 Å². The van der Waals surface area contributed by atoms with Crippen molar-refractivity contribution in [3.63, 3.8) is 0 Å². The van der Waals surface area contributed by atoms with Gasteiger partial charge in [-0.3, -0.25) is 9.36 Å². The Bertz CT molecular complexity index is 805. The van der Waals surface area contributed by atoms with Crippen molar-refractivity contribution in [2.45, 2.75) is 25.3 Å². The second kappa shape index (κ2) is 5.32. The summed E-state index contributed by atoms with van der Waals surface area (Å²) in [6.07, 6.45) is 2.10. The second-order valence-electron chi connectivity index (χ2n) is 5.57. The average molecular weight is 303 g/mol. The first-order valence-electron chi connectivity index (χ1n) is 7.21. The number of aromatic amines is 1. The Balaban J connectivity index is 1.98. The Hall–Kier alpha value is -2.57. The van der Waals surface area contributed by atoms with E-state index >= 15 is 0 Å². The van der Waals surface area contributed by atoms with Crippen molar-refractivity contribution in [1.29, 1.82) is 0 Å². The van der Waals surface area contributed by atoms with E-state index in [0.29, 0.717) is 29.6 Å². The Labute approximate surface area is 126 Å². The molecule has 0 spiro atoms. The molecule has 0 aliphatic carbocycles. The first-order chi connectivity index (χ1) is 10.5. The molecule has 1 fully saturated rings. The maximum absolute atomic E-state index is 12.6. The summed E-state index contributed by atoms with van der Waals surface area (Å²) in [6, 6.07) is 4.15. The SMILES string of the molecule is Cn1c(=O)[nH]c2ccc(C(=O)N3CCCC[C@@H]3C(=O)O)cc21. The van der Waals surface area contributed by atoms with Gasteiger partial charge < -0.3 is 15.0 Å². The molecule has 2 aromatic rings. The van der Waals surface area contributed by atoms with Gasteiger partial charge in [0.2, 0.25) is 0 Å². The summed E-state index contributed by atoms with van der Waals surface area (Å²) in [5.74, 6) is -1.27. The number of aliphatic carboxylic acids is 1. The van der Waals surface area contributed by atoms with Gasteiger partial charge in [-0.25, -0.2) is 9.59 Å². The van der Waals surface area contributed by atoms with Gasteiger partial charge in [-0.15, -0.1) is 0 Å². The van der Waals surface area contributed by atoms with Crippen LogP contribution in [0, 0.1) is 0 Å². The van der Waals surface area contributed by atoms with Crippen molar-refractivity contribution < 1.29 is 14.7 Å². The number of carboxylic acids is 1. The third kappa shape index (κ3) is 2.28. The summed E-state index contributed by atoms with van der Waals surface area (Å²) < 4.78 is 1.43. The number of amides is 1. The summed E-state index contributed by atoms with van der Waals surface area (Å²) in [5, 5.41) is 9.28. The van der Waals surface area contributed by atoms with Crippen LogP contribution in [0.15, 0.2) is 23.0 Å². The third-order valence-electron chi connectivity index (χ3n) is 4.20. The molecule has 0 unspecified atom stereocenters. The predicted molar refractivity (Wildman–Crippen MR) is 79.9 cm³/mol. The van der Waals surface area contributed by atoms with E-state index in [4.69, 9.17) is 0 Å². The molecular weight excluding hydrogens is 286 g/mol. The second-order valence-corrected chi connectivity index (χ2v) is 5.57. The van der Waals surface area contributed by atoms with Gasteiger partial charge >= 0.3 is 11.7 Å². The van der Waals surface area contributed by atoms with E-state index in [1.807, 2.05) is 0 Å². The minimum Gasteiger partial charge on any atom is -0.480 e. The van der Waals surface area contributed by atoms with E-state index in [0.717, 1.165) is 12.8 Å².